The minimum absolute atomic E-state index is 0.303. The molecular formula is C14H14N2O3. The van der Waals surface area contributed by atoms with Gasteiger partial charge in [0.1, 0.15) is 6.04 Å². The Morgan fingerprint density at radius 2 is 1.74 bits per heavy atom. The second-order valence-electron chi connectivity index (χ2n) is 4.40. The number of carbonyl (C=O) groups is 3. The van der Waals surface area contributed by atoms with Gasteiger partial charge in [-0.1, -0.05) is 18.2 Å². The lowest BCUT2D eigenvalue weighted by Gasteiger charge is -2.23. The van der Waals surface area contributed by atoms with Gasteiger partial charge in [-0.05, 0) is 19.1 Å². The summed E-state index contributed by atoms with van der Waals surface area (Å²) in [5.74, 6) is -1.39. The number of nitrogens with zero attached hydrogens (tertiary/aromatic N) is 1. The number of Topliss-reactive ketones (excluding diaryl/α,β-unsaturated/α-hetero) is 1. The highest BCUT2D eigenvalue weighted by atomic mass is 16.2. The number of nitrogens with two attached hydrogens (primary N) is 1. The molecule has 2 rings (SSSR count). The van der Waals surface area contributed by atoms with Crippen LogP contribution < -0.4 is 5.73 Å². The van der Waals surface area contributed by atoms with E-state index in [1.54, 1.807) is 24.3 Å². The van der Waals surface area contributed by atoms with Gasteiger partial charge in [0.2, 0.25) is 0 Å². The third-order valence-corrected chi connectivity index (χ3v) is 3.07. The summed E-state index contributed by atoms with van der Waals surface area (Å²) in [5, 5.41) is 0. The van der Waals surface area contributed by atoms with Crippen LogP contribution in [0.4, 0.5) is 0 Å². The maximum absolute atomic E-state index is 12.2. The summed E-state index contributed by atoms with van der Waals surface area (Å²) in [5.41, 5.74) is 6.13. The minimum Gasteiger partial charge on any atom is -0.322 e. The summed E-state index contributed by atoms with van der Waals surface area (Å²) < 4.78 is 0. The van der Waals surface area contributed by atoms with E-state index in [1.165, 1.54) is 13.0 Å². The molecule has 0 fully saturated rings. The summed E-state index contributed by atoms with van der Waals surface area (Å²) in [6.45, 7) is 5.03. The van der Waals surface area contributed by atoms with Crippen molar-refractivity contribution in [3.63, 3.8) is 0 Å². The highest BCUT2D eigenvalue weighted by molar-refractivity contribution is 6.23. The van der Waals surface area contributed by atoms with Crippen LogP contribution in [0.15, 0.2) is 36.9 Å². The molecule has 1 heterocycles. The fraction of sp³-hybridized carbons (Fsp3) is 0.214. The molecule has 0 aromatic heterocycles. The monoisotopic (exact) mass is 258 g/mol. The lowest BCUT2D eigenvalue weighted by atomic mass is 10.1. The normalized spacial score (nSPS) is 17.1. The second kappa shape index (κ2) is 4.78. The maximum Gasteiger partial charge on any atom is 0.262 e. The minimum atomic E-state index is -1.02. The van der Waals surface area contributed by atoms with Crippen LogP contribution >= 0.6 is 0 Å². The van der Waals surface area contributed by atoms with Gasteiger partial charge < -0.3 is 5.73 Å². The van der Waals surface area contributed by atoms with E-state index in [-0.39, 0.29) is 0 Å². The van der Waals surface area contributed by atoms with E-state index in [2.05, 4.69) is 6.58 Å². The fourth-order valence-corrected chi connectivity index (χ4v) is 2.08. The van der Waals surface area contributed by atoms with Gasteiger partial charge in [-0.25, -0.2) is 0 Å². The van der Waals surface area contributed by atoms with Crippen LogP contribution in [0, 0.1) is 0 Å². The van der Waals surface area contributed by atoms with Crippen molar-refractivity contribution >= 4 is 17.6 Å². The first kappa shape index (κ1) is 13.2. The molecule has 98 valence electrons. The SMILES string of the molecule is C=CC(C(=O)C(C)N)N1C(=O)c2ccccc2C1=O. The Morgan fingerprint density at radius 3 is 2.11 bits per heavy atom. The Kier molecular flexibility index (Phi) is 3.31. The van der Waals surface area contributed by atoms with Gasteiger partial charge in [0.15, 0.2) is 5.78 Å². The van der Waals surface area contributed by atoms with Crippen LogP contribution in [0.1, 0.15) is 27.6 Å². The largest absolute Gasteiger partial charge is 0.322 e. The molecule has 0 spiro atoms. The number of ketones is 1. The molecule has 0 radical (unpaired) electrons. The predicted octanol–water partition coefficient (Wildman–Crippen LogP) is 0.753. The predicted molar refractivity (Wildman–Crippen MR) is 69.6 cm³/mol. The molecule has 5 nitrogen and oxygen atoms in total. The Balaban J connectivity index is 2.43. The van der Waals surface area contributed by atoms with Gasteiger partial charge in [0, 0.05) is 0 Å². The van der Waals surface area contributed by atoms with E-state index >= 15 is 0 Å². The number of hydrogen-bond acceptors (Lipinski definition) is 4. The molecule has 1 aromatic rings. The van der Waals surface area contributed by atoms with Crippen LogP contribution in [0.3, 0.4) is 0 Å². The van der Waals surface area contributed by atoms with Crippen molar-refractivity contribution in [3.8, 4) is 0 Å². The lowest BCUT2D eigenvalue weighted by molar-refractivity contribution is -0.122. The van der Waals surface area contributed by atoms with Crippen molar-refractivity contribution in [2.45, 2.75) is 19.0 Å². The number of benzene rings is 1. The van der Waals surface area contributed by atoms with Crippen LogP contribution in [-0.2, 0) is 4.79 Å². The molecule has 1 aliphatic rings. The van der Waals surface area contributed by atoms with Gasteiger partial charge >= 0.3 is 0 Å². The first-order chi connectivity index (χ1) is 8.99. The first-order valence-electron chi connectivity index (χ1n) is 5.87. The van der Waals surface area contributed by atoms with Crippen molar-refractivity contribution in [1.82, 2.24) is 4.90 Å². The van der Waals surface area contributed by atoms with E-state index in [9.17, 15) is 14.4 Å². The van der Waals surface area contributed by atoms with Gasteiger partial charge in [-0.2, -0.15) is 0 Å². The molecular weight excluding hydrogens is 244 g/mol. The molecule has 0 aliphatic carbocycles. The number of rotatable bonds is 4. The molecule has 2 unspecified atom stereocenters. The van der Waals surface area contributed by atoms with E-state index in [1.807, 2.05) is 0 Å². The molecule has 19 heavy (non-hydrogen) atoms. The third-order valence-electron chi connectivity index (χ3n) is 3.07. The van der Waals surface area contributed by atoms with E-state index in [0.717, 1.165) is 4.90 Å². The fourth-order valence-electron chi connectivity index (χ4n) is 2.08. The van der Waals surface area contributed by atoms with Crippen molar-refractivity contribution < 1.29 is 14.4 Å². The summed E-state index contributed by atoms with van der Waals surface area (Å²) in [6.07, 6.45) is 1.27. The zero-order valence-electron chi connectivity index (χ0n) is 10.5. The summed E-state index contributed by atoms with van der Waals surface area (Å²) in [4.78, 5) is 37.3. The molecule has 2 atom stereocenters. The first-order valence-corrected chi connectivity index (χ1v) is 5.87. The van der Waals surface area contributed by atoms with E-state index < -0.39 is 29.7 Å². The average molecular weight is 258 g/mol. The average Bonchev–Trinajstić information content (AvgIpc) is 2.65. The summed E-state index contributed by atoms with van der Waals surface area (Å²) >= 11 is 0. The number of fused-ring (bicyclic) bond motifs is 1. The molecule has 2 amide bonds. The summed E-state index contributed by atoms with van der Waals surface area (Å²) in [6, 6.07) is 4.67. The lowest BCUT2D eigenvalue weighted by Crippen LogP contribution is -2.48. The quantitative estimate of drug-likeness (QED) is 0.638. The van der Waals surface area contributed by atoms with Gasteiger partial charge in [0.25, 0.3) is 11.8 Å². The highest BCUT2D eigenvalue weighted by Crippen LogP contribution is 2.25. The standard InChI is InChI=1S/C14H14N2O3/c1-3-11(12(17)8(2)15)16-13(18)9-6-4-5-7-10(9)14(16)19/h3-8,11H,1,15H2,2H3. The Morgan fingerprint density at radius 1 is 1.26 bits per heavy atom. The van der Waals surface area contributed by atoms with E-state index in [0.29, 0.717) is 11.1 Å². The number of imide groups is 1. The smallest absolute Gasteiger partial charge is 0.262 e. The van der Waals surface area contributed by atoms with Crippen molar-refractivity contribution in [2.24, 2.45) is 5.73 Å². The van der Waals surface area contributed by atoms with Crippen molar-refractivity contribution in [3.05, 3.63) is 48.0 Å². The van der Waals surface area contributed by atoms with Crippen LogP contribution in [0.25, 0.3) is 0 Å². The van der Waals surface area contributed by atoms with Gasteiger partial charge in [-0.15, -0.1) is 6.58 Å². The third kappa shape index (κ3) is 1.98. The van der Waals surface area contributed by atoms with Crippen molar-refractivity contribution in [2.75, 3.05) is 0 Å². The molecule has 0 saturated heterocycles. The van der Waals surface area contributed by atoms with Crippen LogP contribution in [0.2, 0.25) is 0 Å². The van der Waals surface area contributed by atoms with Gasteiger partial charge in [0.05, 0.1) is 17.2 Å². The molecule has 1 aromatic carbocycles. The topological polar surface area (TPSA) is 80.5 Å². The Labute approximate surface area is 110 Å². The number of carbonyl (C=O) groups excluding carboxylic acids is 3. The molecule has 0 bridgehead atoms. The number of hydrogen-bond donors (Lipinski definition) is 1. The second-order valence-corrected chi connectivity index (χ2v) is 4.40. The van der Waals surface area contributed by atoms with Crippen LogP contribution in [0.5, 0.6) is 0 Å². The van der Waals surface area contributed by atoms with Gasteiger partial charge in [-0.3, -0.25) is 19.3 Å². The molecule has 5 heteroatoms. The molecule has 0 saturated carbocycles. The Hall–Kier alpha value is -2.27. The van der Waals surface area contributed by atoms with E-state index in [4.69, 9.17) is 5.73 Å². The molecule has 1 aliphatic heterocycles. The maximum atomic E-state index is 12.2. The summed E-state index contributed by atoms with van der Waals surface area (Å²) in [7, 11) is 0. The molecule has 2 N–H and O–H groups in total. The highest BCUT2D eigenvalue weighted by Gasteiger charge is 2.41. The van der Waals surface area contributed by atoms with Crippen LogP contribution in [-0.4, -0.2) is 34.6 Å². The number of amides is 2. The zero-order chi connectivity index (χ0) is 14.2. The zero-order valence-corrected chi connectivity index (χ0v) is 10.5. The Bertz CT molecular complexity index is 543. The van der Waals surface area contributed by atoms with Crippen molar-refractivity contribution in [1.29, 1.82) is 0 Å².